The summed E-state index contributed by atoms with van der Waals surface area (Å²) in [5, 5.41) is 10.6. The summed E-state index contributed by atoms with van der Waals surface area (Å²) in [6, 6.07) is 13.1. The highest BCUT2D eigenvalue weighted by Gasteiger charge is 2.22. The molecule has 0 saturated heterocycles. The van der Waals surface area contributed by atoms with Gasteiger partial charge in [0.2, 0.25) is 5.91 Å². The number of halogens is 2. The van der Waals surface area contributed by atoms with E-state index in [0.717, 1.165) is 31.2 Å². The lowest BCUT2D eigenvalue weighted by molar-refractivity contribution is -0.120. The minimum Gasteiger partial charge on any atom is -0.335 e. The molecule has 1 aliphatic rings. The molecule has 4 heterocycles. The average molecular weight is 550 g/mol. The van der Waals surface area contributed by atoms with Crippen molar-refractivity contribution >= 4 is 33.7 Å². The third-order valence-electron chi connectivity index (χ3n) is 7.69. The van der Waals surface area contributed by atoms with E-state index in [-0.39, 0.29) is 23.2 Å². The molecule has 0 radical (unpaired) electrons. The molecule has 4 aromatic heterocycles. The second-order valence-electron chi connectivity index (χ2n) is 10.4. The first-order chi connectivity index (χ1) is 20.0. The van der Waals surface area contributed by atoms with Crippen molar-refractivity contribution in [2.24, 2.45) is 5.92 Å². The molecule has 0 unspecified atom stereocenters. The molecule has 10 heteroatoms. The van der Waals surface area contributed by atoms with Gasteiger partial charge >= 0.3 is 0 Å². The third kappa shape index (κ3) is 4.71. The largest absolute Gasteiger partial charge is 0.335 e. The molecule has 1 amide bonds. The Morgan fingerprint density at radius 3 is 2.68 bits per heavy atom. The second kappa shape index (κ2) is 10.2. The van der Waals surface area contributed by atoms with Crippen LogP contribution in [0.2, 0.25) is 0 Å². The number of aromatic nitrogens is 6. The Labute approximate surface area is 233 Å². The zero-order chi connectivity index (χ0) is 27.9. The van der Waals surface area contributed by atoms with Crippen molar-refractivity contribution in [2.45, 2.75) is 32.1 Å². The van der Waals surface area contributed by atoms with Gasteiger partial charge in [-0.05, 0) is 60.4 Å². The Hall–Kier alpha value is -4.99. The number of benzene rings is 2. The molecule has 204 valence electrons. The highest BCUT2D eigenvalue weighted by Crippen LogP contribution is 2.34. The number of nitrogens with zero attached hydrogens (tertiary/aromatic N) is 4. The number of carbonyl (C=O) groups excluding carboxylic acids is 1. The molecule has 6 aromatic rings. The van der Waals surface area contributed by atoms with E-state index in [1.165, 1.54) is 24.6 Å². The lowest BCUT2D eigenvalue weighted by atomic mass is 9.88. The Bertz CT molecular complexity index is 1920. The predicted molar refractivity (Wildman–Crippen MR) is 153 cm³/mol. The summed E-state index contributed by atoms with van der Waals surface area (Å²) in [5.41, 5.74) is 4.92. The van der Waals surface area contributed by atoms with Gasteiger partial charge in [0.05, 0.1) is 17.4 Å². The Balaban J connectivity index is 1.26. The van der Waals surface area contributed by atoms with Gasteiger partial charge in [-0.25, -0.2) is 18.7 Å². The number of nitrogens with one attached hydrogen (secondary N) is 3. The molecule has 8 nitrogen and oxygen atoms in total. The molecule has 7 rings (SSSR count). The van der Waals surface area contributed by atoms with Crippen molar-refractivity contribution in [1.29, 1.82) is 0 Å². The van der Waals surface area contributed by atoms with Crippen LogP contribution in [0.4, 0.5) is 14.5 Å². The molecule has 41 heavy (non-hydrogen) atoms. The first kappa shape index (κ1) is 25.0. The van der Waals surface area contributed by atoms with Gasteiger partial charge in [0.1, 0.15) is 17.0 Å². The van der Waals surface area contributed by atoms with Crippen molar-refractivity contribution in [3.05, 3.63) is 78.8 Å². The number of hydrogen-bond acceptors (Lipinski definition) is 5. The molecule has 0 aliphatic heterocycles. The van der Waals surface area contributed by atoms with E-state index in [1.54, 1.807) is 36.8 Å². The van der Waals surface area contributed by atoms with E-state index in [1.807, 2.05) is 12.1 Å². The van der Waals surface area contributed by atoms with Crippen molar-refractivity contribution < 1.29 is 13.6 Å². The zero-order valence-corrected chi connectivity index (χ0v) is 21.9. The van der Waals surface area contributed by atoms with E-state index < -0.39 is 5.82 Å². The Kier molecular flexibility index (Phi) is 6.22. The molecule has 0 atom stereocenters. The first-order valence-corrected chi connectivity index (χ1v) is 13.6. The van der Waals surface area contributed by atoms with Crippen molar-refractivity contribution in [1.82, 2.24) is 30.1 Å². The van der Waals surface area contributed by atoms with Crippen LogP contribution in [0.3, 0.4) is 0 Å². The van der Waals surface area contributed by atoms with Crippen LogP contribution >= 0.6 is 0 Å². The maximum absolute atomic E-state index is 15.3. The van der Waals surface area contributed by atoms with Gasteiger partial charge in [-0.2, -0.15) is 5.10 Å². The Morgan fingerprint density at radius 1 is 0.951 bits per heavy atom. The van der Waals surface area contributed by atoms with Gasteiger partial charge in [-0.1, -0.05) is 31.4 Å². The van der Waals surface area contributed by atoms with Gasteiger partial charge in [-0.15, -0.1) is 0 Å². The lowest BCUT2D eigenvalue weighted by Crippen LogP contribution is -2.24. The van der Waals surface area contributed by atoms with Crippen molar-refractivity contribution in [3.8, 4) is 33.8 Å². The van der Waals surface area contributed by atoms with E-state index >= 15 is 4.39 Å². The number of carbonyl (C=O) groups is 1. The summed E-state index contributed by atoms with van der Waals surface area (Å²) < 4.78 is 29.2. The molecule has 1 fully saturated rings. The lowest BCUT2D eigenvalue weighted by Gasteiger charge is -2.20. The summed E-state index contributed by atoms with van der Waals surface area (Å²) in [7, 11) is 0. The number of anilines is 1. The third-order valence-corrected chi connectivity index (χ3v) is 7.69. The number of H-pyrrole nitrogens is 2. The molecular weight excluding hydrogens is 524 g/mol. The maximum atomic E-state index is 15.3. The number of aromatic amines is 2. The van der Waals surface area contributed by atoms with Crippen LogP contribution in [0.15, 0.2) is 67.1 Å². The van der Waals surface area contributed by atoms with Crippen LogP contribution in [-0.2, 0) is 4.79 Å². The molecule has 1 saturated carbocycles. The fraction of sp³-hybridized carbons (Fsp3) is 0.194. The van der Waals surface area contributed by atoms with Gasteiger partial charge < -0.3 is 10.3 Å². The molecule has 0 spiro atoms. The summed E-state index contributed by atoms with van der Waals surface area (Å²) in [5.74, 6) is -0.428. The summed E-state index contributed by atoms with van der Waals surface area (Å²) >= 11 is 0. The molecular formula is C31H25F2N7O. The number of amides is 1. The predicted octanol–water partition coefficient (Wildman–Crippen LogP) is 7.03. The number of rotatable bonds is 5. The number of hydrogen-bond donors (Lipinski definition) is 3. The quantitative estimate of drug-likeness (QED) is 0.214. The Morgan fingerprint density at radius 2 is 1.83 bits per heavy atom. The number of imidazole rings is 1. The topological polar surface area (TPSA) is 112 Å². The minimum atomic E-state index is -0.508. The van der Waals surface area contributed by atoms with Crippen LogP contribution in [0.25, 0.3) is 55.8 Å². The van der Waals surface area contributed by atoms with E-state index in [0.29, 0.717) is 50.4 Å². The molecule has 0 bridgehead atoms. The second-order valence-corrected chi connectivity index (χ2v) is 10.4. The fourth-order valence-electron chi connectivity index (χ4n) is 5.62. The smallest absolute Gasteiger partial charge is 0.227 e. The van der Waals surface area contributed by atoms with Gasteiger partial charge in [0.15, 0.2) is 17.3 Å². The normalized spacial score (nSPS) is 14.1. The maximum Gasteiger partial charge on any atom is 0.227 e. The van der Waals surface area contributed by atoms with E-state index in [9.17, 15) is 9.18 Å². The van der Waals surface area contributed by atoms with E-state index in [2.05, 4.69) is 35.5 Å². The minimum absolute atomic E-state index is 0.00138. The zero-order valence-electron chi connectivity index (χ0n) is 21.9. The molecule has 1 aliphatic carbocycles. The average Bonchev–Trinajstić information content (AvgIpc) is 3.62. The van der Waals surface area contributed by atoms with Crippen molar-refractivity contribution in [2.75, 3.05) is 5.32 Å². The summed E-state index contributed by atoms with van der Waals surface area (Å²) in [4.78, 5) is 29.3. The van der Waals surface area contributed by atoms with E-state index in [4.69, 9.17) is 0 Å². The van der Waals surface area contributed by atoms with Gasteiger partial charge in [0.25, 0.3) is 0 Å². The van der Waals surface area contributed by atoms with Crippen molar-refractivity contribution in [3.63, 3.8) is 0 Å². The highest BCUT2D eigenvalue weighted by atomic mass is 19.1. The van der Waals surface area contributed by atoms with Crippen LogP contribution in [0, 0.1) is 17.6 Å². The first-order valence-electron chi connectivity index (χ1n) is 13.6. The molecule has 3 N–H and O–H groups in total. The van der Waals surface area contributed by atoms with Crippen LogP contribution < -0.4 is 5.32 Å². The van der Waals surface area contributed by atoms with Gasteiger partial charge in [-0.3, -0.25) is 14.9 Å². The fourth-order valence-corrected chi connectivity index (χ4v) is 5.62. The highest BCUT2D eigenvalue weighted by molar-refractivity contribution is 5.98. The monoisotopic (exact) mass is 549 g/mol. The standard InChI is InChI=1S/C31H25F2N7O/c32-21-8-4-7-18(11-21)23-9-10-35-29-27(23)37-30(38-29)28-24-13-19(14-25(33)26(24)39-40-28)20-12-22(16-34-15-20)36-31(41)17-5-2-1-3-6-17/h4,7-17H,1-3,5-6H2,(H,36,41)(H,39,40)(H,35,37,38). The SMILES string of the molecule is O=C(Nc1cncc(-c2cc(F)c3n[nH]c(-c4nc5nccc(-c6cccc(F)c6)c5[nH]4)c3c2)c1)C1CCCCC1. The van der Waals surface area contributed by atoms with Crippen LogP contribution in [0.5, 0.6) is 0 Å². The molecule has 2 aromatic carbocycles. The summed E-state index contributed by atoms with van der Waals surface area (Å²) in [6.45, 7) is 0. The number of pyridine rings is 2. The van der Waals surface area contributed by atoms with Crippen LogP contribution in [0.1, 0.15) is 32.1 Å². The van der Waals surface area contributed by atoms with Gasteiger partial charge in [0, 0.05) is 34.8 Å². The van der Waals surface area contributed by atoms with Crippen LogP contribution in [-0.4, -0.2) is 36.0 Å². The summed E-state index contributed by atoms with van der Waals surface area (Å²) in [6.07, 6.45) is 9.93. The number of fused-ring (bicyclic) bond motifs is 2.